The number of hydrogen-bond acceptors (Lipinski definition) is 19. The van der Waals surface area contributed by atoms with Crippen molar-refractivity contribution in [1.29, 1.82) is 0 Å². The topological polar surface area (TPSA) is 120 Å². The van der Waals surface area contributed by atoms with Gasteiger partial charge in [-0.05, 0) is 74.6 Å². The first kappa shape index (κ1) is 88.8. The third-order valence-electron chi connectivity index (χ3n) is 21.0. The molecule has 113 heavy (non-hydrogen) atoms. The van der Waals surface area contributed by atoms with E-state index in [4.69, 9.17) is 61.6 Å². The van der Waals surface area contributed by atoms with Crippen LogP contribution in [0.3, 0.4) is 0 Å². The zero-order chi connectivity index (χ0) is 78.6. The quantitative estimate of drug-likeness (QED) is 0.0342. The summed E-state index contributed by atoms with van der Waals surface area (Å²) in [4.78, 5) is 0. The molecule has 3 aromatic carbocycles. The van der Waals surface area contributed by atoms with Crippen LogP contribution < -0.4 is 56.8 Å². The Kier molecular flexibility index (Phi) is 40.4. The molecule has 15 rings (SSSR count). The molecule has 0 spiro atoms. The Labute approximate surface area is 700 Å². The van der Waals surface area contributed by atoms with E-state index in [1.165, 1.54) is 197 Å². The summed E-state index contributed by atoms with van der Waals surface area (Å²) in [6.07, 6.45) is 45.1. The van der Waals surface area contributed by atoms with Crippen LogP contribution in [0.15, 0.2) is 149 Å². The Morgan fingerprint density at radius 3 is 1.19 bits per heavy atom. The second kappa shape index (κ2) is 51.5. The van der Waals surface area contributed by atoms with Gasteiger partial charge in [0.1, 0.15) is 50.3 Å². The third kappa shape index (κ3) is 31.1. The average Bonchev–Trinajstić information content (AvgIpc) is 1.48. The maximum atomic E-state index is 6.07. The van der Waals surface area contributed by atoms with Gasteiger partial charge in [0, 0.05) is 64.6 Å². The molecule has 6 aromatic heterocycles. The summed E-state index contributed by atoms with van der Waals surface area (Å²) < 4.78 is 75.0. The van der Waals surface area contributed by atoms with Gasteiger partial charge in [0.25, 0.3) is 0 Å². The molecule has 0 bridgehead atoms. The van der Waals surface area contributed by atoms with Crippen LogP contribution in [-0.4, -0.2) is 69.8 Å². The Balaban J connectivity index is 0.000000147. The monoisotopic (exact) mass is 1660 g/mol. The van der Waals surface area contributed by atoms with Crippen molar-refractivity contribution in [2.45, 2.75) is 296 Å². The summed E-state index contributed by atoms with van der Waals surface area (Å²) in [5, 5.41) is 23.9. The fourth-order valence-electron chi connectivity index (χ4n) is 14.1. The molecule has 0 fully saturated rings. The number of hydrogen-bond donors (Lipinski definition) is 0. The molecule has 0 amide bonds. The molecule has 0 saturated heterocycles. The van der Waals surface area contributed by atoms with Gasteiger partial charge in [-0.3, -0.25) is 0 Å². The molecule has 6 aliphatic rings. The minimum absolute atomic E-state index is 0.0216. The molecule has 7 atom stereocenters. The molecule has 618 valence electrons. The SMILES string of the molecule is CCC1COc2cscc2O1.CCCCC1(C)COc2cscc2O1.CCCCCCCCCCCCCCC1Oc2cscc2OC1C.CCCCCCCCCCCCCCCCCCOC1COc2cscc2O1.c1ccc(-c2ccc(C3COc4cscc4O3)cc2)cc1.c1ccc(C2COc3cscc3O2)cc1. The van der Waals surface area contributed by atoms with E-state index in [9.17, 15) is 0 Å². The van der Waals surface area contributed by atoms with Gasteiger partial charge in [-0.1, -0.05) is 286 Å². The maximum absolute atomic E-state index is 6.07. The Morgan fingerprint density at radius 1 is 0.336 bits per heavy atom. The molecule has 0 saturated carbocycles. The van der Waals surface area contributed by atoms with Gasteiger partial charge in [-0.15, -0.1) is 68.0 Å². The van der Waals surface area contributed by atoms with Gasteiger partial charge < -0.3 is 61.6 Å². The number of unbranched alkanes of at least 4 members (excludes halogenated alkanes) is 27. The van der Waals surface area contributed by atoms with Crippen LogP contribution in [0, 0.1) is 0 Å². The smallest absolute Gasteiger partial charge is 0.234 e. The van der Waals surface area contributed by atoms with Gasteiger partial charge in [0.05, 0.1) is 6.61 Å². The molecule has 0 radical (unpaired) electrons. The van der Waals surface area contributed by atoms with E-state index < -0.39 is 0 Å². The number of thiophene rings is 6. The van der Waals surface area contributed by atoms with Crippen molar-refractivity contribution in [3.05, 3.63) is 161 Å². The lowest BCUT2D eigenvalue weighted by Crippen LogP contribution is -2.41. The molecule has 0 aliphatic carbocycles. The lowest BCUT2D eigenvalue weighted by atomic mass is 9.99. The lowest BCUT2D eigenvalue weighted by molar-refractivity contribution is -0.116. The fourth-order valence-corrected chi connectivity index (χ4v) is 18.1. The second-order valence-corrected chi connectivity index (χ2v) is 34.9. The minimum atomic E-state index is -0.238. The van der Waals surface area contributed by atoms with E-state index in [1.807, 2.05) is 83.4 Å². The van der Waals surface area contributed by atoms with E-state index in [1.54, 1.807) is 68.0 Å². The van der Waals surface area contributed by atoms with Crippen molar-refractivity contribution in [2.75, 3.05) is 39.6 Å². The van der Waals surface area contributed by atoms with E-state index in [0.29, 0.717) is 33.0 Å². The molecule has 9 aromatic rings. The summed E-state index contributed by atoms with van der Waals surface area (Å²) in [5.74, 6) is 10.6. The fraction of sp³-hybridized carbons (Fsp3) is 0.553. The van der Waals surface area contributed by atoms with E-state index >= 15 is 0 Å². The van der Waals surface area contributed by atoms with Crippen LogP contribution in [0.2, 0.25) is 0 Å². The van der Waals surface area contributed by atoms with Crippen molar-refractivity contribution in [1.82, 2.24) is 0 Å². The van der Waals surface area contributed by atoms with Crippen molar-refractivity contribution in [2.24, 2.45) is 0 Å². The zero-order valence-corrected chi connectivity index (χ0v) is 73.2. The highest BCUT2D eigenvalue weighted by atomic mass is 32.1. The zero-order valence-electron chi connectivity index (χ0n) is 68.3. The van der Waals surface area contributed by atoms with Gasteiger partial charge in [-0.2, -0.15) is 0 Å². The van der Waals surface area contributed by atoms with E-state index in [-0.39, 0.29) is 42.4 Å². The van der Waals surface area contributed by atoms with Gasteiger partial charge in [-0.25, -0.2) is 0 Å². The summed E-state index contributed by atoms with van der Waals surface area (Å²) in [5.41, 5.74) is 4.63. The van der Waals surface area contributed by atoms with Crippen LogP contribution in [0.25, 0.3) is 11.1 Å². The van der Waals surface area contributed by atoms with Crippen LogP contribution in [-0.2, 0) is 4.74 Å². The predicted molar refractivity (Wildman–Crippen MR) is 472 cm³/mol. The molecule has 13 nitrogen and oxygen atoms in total. The van der Waals surface area contributed by atoms with Crippen molar-refractivity contribution < 1.29 is 61.6 Å². The second-order valence-electron chi connectivity index (χ2n) is 30.4. The summed E-state index contributed by atoms with van der Waals surface area (Å²) in [7, 11) is 0. The summed E-state index contributed by atoms with van der Waals surface area (Å²) in [6, 6.07) is 29.0. The molecule has 6 aliphatic heterocycles. The normalized spacial score (nSPS) is 18.9. The Morgan fingerprint density at radius 2 is 0.708 bits per heavy atom. The molecular formula is C94H128O13S6. The van der Waals surface area contributed by atoms with E-state index in [2.05, 4.69) is 108 Å². The minimum Gasteiger partial charge on any atom is -0.485 e. The van der Waals surface area contributed by atoms with Gasteiger partial charge >= 0.3 is 0 Å². The van der Waals surface area contributed by atoms with Crippen LogP contribution >= 0.6 is 68.0 Å². The number of benzene rings is 3. The molecule has 12 heterocycles. The van der Waals surface area contributed by atoms with E-state index in [0.717, 1.165) is 112 Å². The number of fused-ring (bicyclic) bond motifs is 6. The highest BCUT2D eigenvalue weighted by Crippen LogP contribution is 2.44. The van der Waals surface area contributed by atoms with Crippen LogP contribution in [0.4, 0.5) is 0 Å². The van der Waals surface area contributed by atoms with Crippen molar-refractivity contribution >= 4 is 68.0 Å². The number of ether oxygens (including phenoxy) is 13. The standard InChI is InChI=1S/C24H42O3S.C21H36O2S.C18H14O2S.C12H10O2S.C11H16O2S.C8H10O2S/c1-2-3-4-5-6-7-8-9-10-11-12-13-14-15-16-17-18-25-24-19-26-22-20-28-21-23(22)27-24;1-3-4-5-6-7-8-9-10-11-12-13-14-15-19-18(2)22-20-16-24-17-21(20)23-19;1-2-4-13(5-3-1)14-6-8-15(9-7-14)16-10-19-17-11-21-12-18(17)20-16;1-2-4-9(5-3-1)10-6-13-11-7-15-8-12(11)14-10;1-3-4-5-11(2)8-12-9-6-14-7-10(9)13-11;1-2-6-3-9-7-4-11-5-8(7)10-6/h20-21,24H,2-19H2,1H3;16-19H,3-15H2,1-2H3;1-9,11-12,16H,10H2;1-5,7-8,10H,6H2;6-7H,3-5,8H2,1-2H3;4-6H,2-3H2,1H3. The first-order valence-electron chi connectivity index (χ1n) is 42.7. The van der Waals surface area contributed by atoms with Crippen LogP contribution in [0.1, 0.15) is 277 Å². The third-order valence-corrected chi connectivity index (χ3v) is 25.2. The van der Waals surface area contributed by atoms with Crippen molar-refractivity contribution in [3.8, 4) is 80.1 Å². The largest absolute Gasteiger partial charge is 0.485 e. The highest BCUT2D eigenvalue weighted by molar-refractivity contribution is 7.09. The molecule has 19 heteroatoms. The van der Waals surface area contributed by atoms with Crippen molar-refractivity contribution in [3.63, 3.8) is 0 Å². The van der Waals surface area contributed by atoms with Gasteiger partial charge in [0.2, 0.25) is 6.29 Å². The Bertz CT molecular complexity index is 3900. The van der Waals surface area contributed by atoms with Gasteiger partial charge in [0.15, 0.2) is 87.8 Å². The first-order chi connectivity index (χ1) is 55.7. The summed E-state index contributed by atoms with van der Waals surface area (Å²) in [6.45, 7) is 16.9. The average molecular weight is 1660 g/mol. The lowest BCUT2D eigenvalue weighted by Gasteiger charge is -2.34. The number of rotatable bonds is 38. The summed E-state index contributed by atoms with van der Waals surface area (Å²) >= 11 is 9.71. The molecular weight excluding hydrogens is 1530 g/mol. The molecule has 7 unspecified atom stereocenters. The van der Waals surface area contributed by atoms with Crippen LogP contribution in [0.5, 0.6) is 69.0 Å². The first-order valence-corrected chi connectivity index (χ1v) is 48.4. The highest BCUT2D eigenvalue weighted by Gasteiger charge is 2.34. The predicted octanol–water partition coefficient (Wildman–Crippen LogP) is 29.4. The molecule has 0 N–H and O–H groups in total. The maximum Gasteiger partial charge on any atom is 0.234 e. The Hall–Kier alpha value is -6.58.